The van der Waals surface area contributed by atoms with Crippen molar-refractivity contribution in [1.82, 2.24) is 4.31 Å². The van der Waals surface area contributed by atoms with Crippen molar-refractivity contribution in [3.63, 3.8) is 0 Å². The SMILES string of the molecule is COc1ccc(N2CCN(S(=O)(=O)c3ccccc3C)CC2)cc1OC. The predicted molar refractivity (Wildman–Crippen MR) is 102 cm³/mol. The molecule has 1 aliphatic rings. The Morgan fingerprint density at radius 1 is 0.885 bits per heavy atom. The second-order valence-electron chi connectivity index (χ2n) is 6.20. The van der Waals surface area contributed by atoms with E-state index in [-0.39, 0.29) is 0 Å². The Bertz CT molecular complexity index is 875. The molecule has 2 aromatic carbocycles. The number of piperazine rings is 1. The average Bonchev–Trinajstić information content (AvgIpc) is 2.67. The van der Waals surface area contributed by atoms with Crippen LogP contribution in [0.25, 0.3) is 0 Å². The van der Waals surface area contributed by atoms with Crippen molar-refractivity contribution in [2.75, 3.05) is 45.3 Å². The van der Waals surface area contributed by atoms with Crippen LogP contribution >= 0.6 is 0 Å². The molecule has 0 aliphatic carbocycles. The minimum atomic E-state index is -3.46. The van der Waals surface area contributed by atoms with Crippen molar-refractivity contribution < 1.29 is 17.9 Å². The zero-order valence-electron chi connectivity index (χ0n) is 15.3. The number of methoxy groups -OCH3 is 2. The normalized spacial score (nSPS) is 15.7. The fourth-order valence-electron chi connectivity index (χ4n) is 3.19. The Balaban J connectivity index is 1.74. The second-order valence-corrected chi connectivity index (χ2v) is 8.10. The van der Waals surface area contributed by atoms with Gasteiger partial charge in [0.05, 0.1) is 19.1 Å². The van der Waals surface area contributed by atoms with E-state index in [2.05, 4.69) is 4.90 Å². The first-order valence-electron chi connectivity index (χ1n) is 8.50. The lowest BCUT2D eigenvalue weighted by atomic mass is 10.2. The van der Waals surface area contributed by atoms with Gasteiger partial charge in [0.2, 0.25) is 10.0 Å². The standard InChI is InChI=1S/C19H24N2O4S/c1-15-6-4-5-7-19(15)26(22,23)21-12-10-20(11-13-21)16-8-9-17(24-2)18(14-16)25-3/h4-9,14H,10-13H2,1-3H3. The number of sulfonamides is 1. The van der Waals surface area contributed by atoms with Crippen molar-refractivity contribution in [2.24, 2.45) is 0 Å². The molecule has 7 heteroatoms. The van der Waals surface area contributed by atoms with Crippen molar-refractivity contribution >= 4 is 15.7 Å². The molecule has 3 rings (SSSR count). The van der Waals surface area contributed by atoms with Crippen LogP contribution in [0.2, 0.25) is 0 Å². The summed E-state index contributed by atoms with van der Waals surface area (Å²) >= 11 is 0. The summed E-state index contributed by atoms with van der Waals surface area (Å²) in [7, 11) is -0.250. The summed E-state index contributed by atoms with van der Waals surface area (Å²) in [5.41, 5.74) is 1.77. The van der Waals surface area contributed by atoms with Crippen LogP contribution in [-0.4, -0.2) is 53.1 Å². The van der Waals surface area contributed by atoms with Gasteiger partial charge in [0.25, 0.3) is 0 Å². The van der Waals surface area contributed by atoms with Crippen LogP contribution in [0.5, 0.6) is 11.5 Å². The Morgan fingerprint density at radius 3 is 2.15 bits per heavy atom. The molecule has 0 saturated carbocycles. The number of hydrogen-bond acceptors (Lipinski definition) is 5. The number of ether oxygens (including phenoxy) is 2. The summed E-state index contributed by atoms with van der Waals surface area (Å²) in [5.74, 6) is 1.34. The third kappa shape index (κ3) is 3.50. The predicted octanol–water partition coefficient (Wildman–Crippen LogP) is 2.52. The molecule has 0 atom stereocenters. The lowest BCUT2D eigenvalue weighted by Crippen LogP contribution is -2.48. The smallest absolute Gasteiger partial charge is 0.243 e. The minimum absolute atomic E-state index is 0.388. The maximum absolute atomic E-state index is 12.9. The van der Waals surface area contributed by atoms with Crippen LogP contribution < -0.4 is 14.4 Å². The first-order chi connectivity index (χ1) is 12.5. The quantitative estimate of drug-likeness (QED) is 0.803. The highest BCUT2D eigenvalue weighted by molar-refractivity contribution is 7.89. The Labute approximate surface area is 155 Å². The highest BCUT2D eigenvalue weighted by atomic mass is 32.2. The molecular formula is C19H24N2O4S. The first kappa shape index (κ1) is 18.5. The molecule has 0 N–H and O–H groups in total. The lowest BCUT2D eigenvalue weighted by molar-refractivity contribution is 0.354. The molecule has 0 aromatic heterocycles. The topological polar surface area (TPSA) is 59.1 Å². The first-order valence-corrected chi connectivity index (χ1v) is 9.94. The van der Waals surface area contributed by atoms with Gasteiger partial charge in [-0.1, -0.05) is 18.2 Å². The van der Waals surface area contributed by atoms with Gasteiger partial charge in [-0.05, 0) is 30.7 Å². The molecule has 0 radical (unpaired) electrons. The molecule has 0 bridgehead atoms. The van der Waals surface area contributed by atoms with Gasteiger partial charge in [-0.15, -0.1) is 0 Å². The molecule has 140 valence electrons. The molecule has 1 aliphatic heterocycles. The van der Waals surface area contributed by atoms with Crippen LogP contribution in [0.4, 0.5) is 5.69 Å². The Kier molecular flexibility index (Phi) is 5.38. The van der Waals surface area contributed by atoms with Crippen molar-refractivity contribution in [2.45, 2.75) is 11.8 Å². The van der Waals surface area contributed by atoms with Gasteiger partial charge >= 0.3 is 0 Å². The van der Waals surface area contributed by atoms with Gasteiger partial charge in [0.1, 0.15) is 0 Å². The third-order valence-corrected chi connectivity index (χ3v) is 6.74. The molecule has 6 nitrogen and oxygen atoms in total. The molecule has 26 heavy (non-hydrogen) atoms. The van der Waals surface area contributed by atoms with Crippen LogP contribution in [0, 0.1) is 6.92 Å². The molecule has 0 spiro atoms. The largest absolute Gasteiger partial charge is 0.493 e. The molecular weight excluding hydrogens is 352 g/mol. The van der Waals surface area contributed by atoms with E-state index in [1.54, 1.807) is 30.7 Å². The fourth-order valence-corrected chi connectivity index (χ4v) is 4.84. The Morgan fingerprint density at radius 2 is 1.54 bits per heavy atom. The van der Waals surface area contributed by atoms with Crippen molar-refractivity contribution in [3.8, 4) is 11.5 Å². The van der Waals surface area contributed by atoms with E-state index in [1.807, 2.05) is 37.3 Å². The zero-order valence-corrected chi connectivity index (χ0v) is 16.1. The van der Waals surface area contributed by atoms with Crippen LogP contribution in [0.1, 0.15) is 5.56 Å². The lowest BCUT2D eigenvalue weighted by Gasteiger charge is -2.35. The summed E-state index contributed by atoms with van der Waals surface area (Å²) < 4.78 is 38.0. The number of benzene rings is 2. The minimum Gasteiger partial charge on any atom is -0.493 e. The van der Waals surface area contributed by atoms with Crippen LogP contribution in [0.3, 0.4) is 0 Å². The van der Waals surface area contributed by atoms with E-state index in [9.17, 15) is 8.42 Å². The van der Waals surface area contributed by atoms with Gasteiger partial charge in [-0.3, -0.25) is 0 Å². The molecule has 2 aromatic rings. The van der Waals surface area contributed by atoms with Gasteiger partial charge < -0.3 is 14.4 Å². The molecule has 1 saturated heterocycles. The molecule has 0 unspecified atom stereocenters. The highest BCUT2D eigenvalue weighted by Gasteiger charge is 2.29. The summed E-state index contributed by atoms with van der Waals surface area (Å²) in [5, 5.41) is 0. The number of hydrogen-bond donors (Lipinski definition) is 0. The molecule has 0 amide bonds. The van der Waals surface area contributed by atoms with Gasteiger partial charge in [-0.2, -0.15) is 4.31 Å². The van der Waals surface area contributed by atoms with E-state index in [0.717, 1.165) is 11.3 Å². The van der Waals surface area contributed by atoms with Gasteiger partial charge in [0.15, 0.2) is 11.5 Å². The monoisotopic (exact) mass is 376 g/mol. The fraction of sp³-hybridized carbons (Fsp3) is 0.368. The summed E-state index contributed by atoms with van der Waals surface area (Å²) in [4.78, 5) is 2.55. The van der Waals surface area contributed by atoms with E-state index >= 15 is 0 Å². The zero-order chi connectivity index (χ0) is 18.7. The summed E-state index contributed by atoms with van der Waals surface area (Å²) in [6.45, 7) is 3.98. The van der Waals surface area contributed by atoms with Crippen LogP contribution in [-0.2, 0) is 10.0 Å². The van der Waals surface area contributed by atoms with E-state index in [0.29, 0.717) is 42.6 Å². The number of rotatable bonds is 5. The maximum Gasteiger partial charge on any atom is 0.243 e. The van der Waals surface area contributed by atoms with Crippen molar-refractivity contribution in [1.29, 1.82) is 0 Å². The van der Waals surface area contributed by atoms with Crippen LogP contribution in [0.15, 0.2) is 47.4 Å². The molecule has 1 heterocycles. The maximum atomic E-state index is 12.9. The summed E-state index contributed by atoms with van der Waals surface area (Å²) in [6, 6.07) is 12.9. The van der Waals surface area contributed by atoms with Gasteiger partial charge in [-0.25, -0.2) is 8.42 Å². The number of anilines is 1. The average molecular weight is 376 g/mol. The van der Waals surface area contributed by atoms with Crippen molar-refractivity contribution in [3.05, 3.63) is 48.0 Å². The Hall–Kier alpha value is -2.25. The third-order valence-electron chi connectivity index (χ3n) is 4.68. The summed E-state index contributed by atoms with van der Waals surface area (Å²) in [6.07, 6.45) is 0. The highest BCUT2D eigenvalue weighted by Crippen LogP contribution is 2.32. The number of aryl methyl sites for hydroxylation is 1. The van der Waals surface area contributed by atoms with Gasteiger partial charge in [0, 0.05) is 37.9 Å². The number of nitrogens with zero attached hydrogens (tertiary/aromatic N) is 2. The second kappa shape index (κ2) is 7.55. The van der Waals surface area contributed by atoms with E-state index < -0.39 is 10.0 Å². The van der Waals surface area contributed by atoms with E-state index in [4.69, 9.17) is 9.47 Å². The van der Waals surface area contributed by atoms with E-state index in [1.165, 1.54) is 0 Å². The molecule has 1 fully saturated rings.